The first-order valence-corrected chi connectivity index (χ1v) is 11.7. The van der Waals surface area contributed by atoms with Gasteiger partial charge in [-0.1, -0.05) is 13.8 Å². The van der Waals surface area contributed by atoms with E-state index in [4.69, 9.17) is 9.15 Å². The smallest absolute Gasteiger partial charge is 0.408 e. The molecule has 3 heterocycles. The monoisotopic (exact) mass is 437 g/mol. The summed E-state index contributed by atoms with van der Waals surface area (Å²) in [6.45, 7) is 6.81. The fraction of sp³-hybridized carbons (Fsp3) is 0.600. The molecule has 0 saturated carbocycles. The lowest BCUT2D eigenvalue weighted by Crippen LogP contribution is -2.43. The summed E-state index contributed by atoms with van der Waals surface area (Å²) in [5.41, 5.74) is 0.565. The van der Waals surface area contributed by atoms with Gasteiger partial charge in [0, 0.05) is 32.2 Å². The molecule has 0 spiro atoms. The van der Waals surface area contributed by atoms with E-state index in [1.54, 1.807) is 4.90 Å². The number of rotatable bonds is 4. The van der Waals surface area contributed by atoms with Crippen molar-refractivity contribution in [3.63, 3.8) is 0 Å². The van der Waals surface area contributed by atoms with Gasteiger partial charge in [0.2, 0.25) is 15.9 Å². The quantitative estimate of drug-likeness (QED) is 0.710. The number of fused-ring (bicyclic) bond motifs is 1. The molecule has 10 heteroatoms. The maximum atomic E-state index is 13.1. The van der Waals surface area contributed by atoms with Gasteiger partial charge in [-0.25, -0.2) is 13.2 Å². The summed E-state index contributed by atoms with van der Waals surface area (Å²) in [7, 11) is -3.69. The zero-order valence-electron chi connectivity index (χ0n) is 17.2. The average Bonchev–Trinajstić information content (AvgIpc) is 3.02. The number of nitrogens with zero attached hydrogens (tertiary/aromatic N) is 3. The van der Waals surface area contributed by atoms with Gasteiger partial charge in [-0.05, 0) is 30.4 Å². The van der Waals surface area contributed by atoms with Gasteiger partial charge in [0.05, 0.1) is 23.6 Å². The number of hydrogen-bond donors (Lipinski definition) is 0. The molecule has 164 valence electrons. The van der Waals surface area contributed by atoms with E-state index in [1.807, 2.05) is 13.8 Å². The van der Waals surface area contributed by atoms with E-state index in [2.05, 4.69) is 0 Å². The summed E-state index contributed by atoms with van der Waals surface area (Å²) in [6.07, 6.45) is 1.000. The van der Waals surface area contributed by atoms with Crippen molar-refractivity contribution in [1.29, 1.82) is 0 Å². The zero-order chi connectivity index (χ0) is 21.5. The Morgan fingerprint density at radius 3 is 2.47 bits per heavy atom. The Morgan fingerprint density at radius 2 is 1.80 bits per heavy atom. The third kappa shape index (κ3) is 4.03. The van der Waals surface area contributed by atoms with E-state index in [0.717, 1.165) is 6.42 Å². The lowest BCUT2D eigenvalue weighted by Gasteiger charge is -2.34. The first-order valence-electron chi connectivity index (χ1n) is 10.2. The molecule has 2 fully saturated rings. The molecule has 1 aromatic heterocycles. The molecule has 0 radical (unpaired) electrons. The molecule has 2 aromatic rings. The summed E-state index contributed by atoms with van der Waals surface area (Å²) in [6, 6.07) is 4.40. The van der Waals surface area contributed by atoms with Crippen LogP contribution in [0.3, 0.4) is 0 Å². The molecular formula is C20H27N3O6S. The van der Waals surface area contributed by atoms with Crippen LogP contribution >= 0.6 is 0 Å². The molecule has 1 aromatic carbocycles. The Kier molecular flexibility index (Phi) is 5.73. The van der Waals surface area contributed by atoms with Crippen molar-refractivity contribution in [3.05, 3.63) is 28.7 Å². The number of amides is 1. The highest BCUT2D eigenvalue weighted by atomic mass is 32.2. The van der Waals surface area contributed by atoms with Crippen molar-refractivity contribution in [3.8, 4) is 0 Å². The number of sulfonamides is 1. The molecule has 0 N–H and O–H groups in total. The normalized spacial score (nSPS) is 23.7. The molecule has 0 aliphatic carbocycles. The minimum Gasteiger partial charge on any atom is -0.408 e. The predicted octanol–water partition coefficient (Wildman–Crippen LogP) is 1.12. The topological polar surface area (TPSA) is 102 Å². The minimum absolute atomic E-state index is 0.0942. The van der Waals surface area contributed by atoms with Crippen LogP contribution in [0.25, 0.3) is 11.1 Å². The van der Waals surface area contributed by atoms with Crippen molar-refractivity contribution in [1.82, 2.24) is 13.8 Å². The van der Waals surface area contributed by atoms with E-state index in [9.17, 15) is 18.0 Å². The average molecular weight is 438 g/mol. The Morgan fingerprint density at radius 1 is 1.13 bits per heavy atom. The fourth-order valence-corrected chi connectivity index (χ4v) is 6.05. The summed E-state index contributed by atoms with van der Waals surface area (Å²) >= 11 is 0. The van der Waals surface area contributed by atoms with Gasteiger partial charge >= 0.3 is 5.76 Å². The van der Waals surface area contributed by atoms with Crippen LogP contribution < -0.4 is 5.76 Å². The summed E-state index contributed by atoms with van der Waals surface area (Å²) in [5.74, 6) is -0.299. The highest BCUT2D eigenvalue weighted by Gasteiger charge is 2.32. The molecular weight excluding hydrogens is 410 g/mol. The van der Waals surface area contributed by atoms with E-state index in [0.29, 0.717) is 44.9 Å². The lowest BCUT2D eigenvalue weighted by molar-refractivity contribution is -0.135. The molecule has 2 aliphatic heterocycles. The number of aromatic nitrogens is 1. The first-order chi connectivity index (χ1) is 14.3. The molecule has 30 heavy (non-hydrogen) atoms. The van der Waals surface area contributed by atoms with Gasteiger partial charge in [-0.2, -0.15) is 4.31 Å². The van der Waals surface area contributed by atoms with Crippen molar-refractivity contribution in [2.75, 3.05) is 39.4 Å². The number of hydrogen-bond acceptors (Lipinski definition) is 6. The predicted molar refractivity (Wildman–Crippen MR) is 110 cm³/mol. The molecule has 1 amide bonds. The molecule has 0 unspecified atom stereocenters. The fourth-order valence-electron chi connectivity index (χ4n) is 4.36. The summed E-state index contributed by atoms with van der Waals surface area (Å²) < 4.78 is 39.5. The Hall–Kier alpha value is -2.17. The molecule has 2 saturated heterocycles. The van der Waals surface area contributed by atoms with E-state index < -0.39 is 15.8 Å². The summed E-state index contributed by atoms with van der Waals surface area (Å²) in [5, 5.41) is 0. The number of oxazole rings is 1. The minimum atomic E-state index is -3.69. The van der Waals surface area contributed by atoms with Crippen LogP contribution in [0.2, 0.25) is 0 Å². The van der Waals surface area contributed by atoms with Crippen LogP contribution in [0.5, 0.6) is 0 Å². The Labute approximate surface area is 175 Å². The van der Waals surface area contributed by atoms with Gasteiger partial charge in [-0.15, -0.1) is 0 Å². The van der Waals surface area contributed by atoms with Crippen molar-refractivity contribution in [2.24, 2.45) is 11.8 Å². The Balaban J connectivity index is 1.61. The van der Waals surface area contributed by atoms with Crippen LogP contribution in [0.15, 0.2) is 32.3 Å². The second-order valence-corrected chi connectivity index (χ2v) is 10.3. The van der Waals surface area contributed by atoms with Crippen molar-refractivity contribution >= 4 is 27.0 Å². The number of benzene rings is 1. The van der Waals surface area contributed by atoms with E-state index >= 15 is 0 Å². The second-order valence-electron chi connectivity index (χ2n) is 8.34. The number of carbonyl (C=O) groups is 1. The lowest BCUT2D eigenvalue weighted by atomic mass is 9.94. The van der Waals surface area contributed by atoms with Gasteiger partial charge < -0.3 is 14.1 Å². The maximum Gasteiger partial charge on any atom is 0.420 e. The Bertz CT molecular complexity index is 1090. The molecule has 0 bridgehead atoms. The van der Waals surface area contributed by atoms with Crippen LogP contribution in [-0.4, -0.2) is 67.5 Å². The standard InChI is InChI=1S/C20H27N3O6S/c1-14-9-15(2)12-22(11-14)30(26,27)16-3-4-17-18(10-16)29-20(25)23(17)13-19(24)21-5-7-28-8-6-21/h3-4,10,14-15H,5-9,11-13H2,1-2H3/t14-,15-/m0/s1. The van der Waals surface area contributed by atoms with Gasteiger partial charge in [0.25, 0.3) is 0 Å². The van der Waals surface area contributed by atoms with Crippen LogP contribution in [0.4, 0.5) is 0 Å². The maximum absolute atomic E-state index is 13.1. The SMILES string of the molecule is C[C@H]1C[C@H](C)CN(S(=O)(=O)c2ccc3c(c2)oc(=O)n3CC(=O)N2CCOCC2)C1. The second kappa shape index (κ2) is 8.16. The van der Waals surface area contributed by atoms with E-state index in [1.165, 1.54) is 27.1 Å². The van der Waals surface area contributed by atoms with Crippen LogP contribution in [-0.2, 0) is 26.1 Å². The van der Waals surface area contributed by atoms with E-state index in [-0.39, 0.29) is 34.8 Å². The van der Waals surface area contributed by atoms with Gasteiger partial charge in [-0.3, -0.25) is 9.36 Å². The molecule has 4 rings (SSSR count). The highest BCUT2D eigenvalue weighted by molar-refractivity contribution is 7.89. The summed E-state index contributed by atoms with van der Waals surface area (Å²) in [4.78, 5) is 26.6. The van der Waals surface area contributed by atoms with Crippen molar-refractivity contribution < 1.29 is 22.4 Å². The molecule has 2 atom stereocenters. The number of piperidine rings is 1. The number of ether oxygens (including phenoxy) is 1. The molecule has 2 aliphatic rings. The van der Waals surface area contributed by atoms with Crippen LogP contribution in [0, 0.1) is 11.8 Å². The third-order valence-corrected chi connectivity index (χ3v) is 7.60. The van der Waals surface area contributed by atoms with Gasteiger partial charge in [0.15, 0.2) is 5.58 Å². The number of carbonyl (C=O) groups excluding carboxylic acids is 1. The van der Waals surface area contributed by atoms with Gasteiger partial charge in [0.1, 0.15) is 6.54 Å². The highest BCUT2D eigenvalue weighted by Crippen LogP contribution is 2.28. The van der Waals surface area contributed by atoms with Crippen molar-refractivity contribution in [2.45, 2.75) is 31.7 Å². The number of morpholine rings is 1. The zero-order valence-corrected chi connectivity index (χ0v) is 18.1. The van der Waals surface area contributed by atoms with Crippen LogP contribution in [0.1, 0.15) is 20.3 Å². The largest absolute Gasteiger partial charge is 0.420 e. The first kappa shape index (κ1) is 21.1. The third-order valence-electron chi connectivity index (χ3n) is 5.77. The molecule has 9 nitrogen and oxygen atoms in total.